The Bertz CT molecular complexity index is 520. The molecule has 1 aromatic carbocycles. The fourth-order valence-corrected chi connectivity index (χ4v) is 3.70. The summed E-state index contributed by atoms with van der Waals surface area (Å²) in [5.74, 6) is 1.84. The van der Waals surface area contributed by atoms with Crippen molar-refractivity contribution in [3.8, 4) is 0 Å². The number of thioether (sulfide) groups is 2. The second-order valence-electron chi connectivity index (χ2n) is 5.67. The van der Waals surface area contributed by atoms with Crippen molar-refractivity contribution in [3.05, 3.63) is 29.8 Å². The lowest BCUT2D eigenvalue weighted by Crippen LogP contribution is -2.25. The minimum absolute atomic E-state index is 0.139. The van der Waals surface area contributed by atoms with Crippen LogP contribution in [0.5, 0.6) is 0 Å². The Morgan fingerprint density at radius 2 is 1.91 bits per heavy atom. The van der Waals surface area contributed by atoms with Crippen LogP contribution in [0.25, 0.3) is 0 Å². The summed E-state index contributed by atoms with van der Waals surface area (Å²) in [6, 6.07) is 7.14. The fourth-order valence-electron chi connectivity index (χ4n) is 1.79. The van der Waals surface area contributed by atoms with E-state index < -0.39 is 11.2 Å². The van der Waals surface area contributed by atoms with Crippen LogP contribution < -0.4 is 5.32 Å². The number of rotatable bonds is 10. The third-order valence-corrected chi connectivity index (χ3v) is 5.63. The molecular weight excluding hydrogens is 330 g/mol. The van der Waals surface area contributed by atoms with Crippen molar-refractivity contribution in [2.45, 2.75) is 37.3 Å². The van der Waals surface area contributed by atoms with Gasteiger partial charge in [-0.2, -0.15) is 11.8 Å². The molecule has 0 aliphatic heterocycles. The Kier molecular flexibility index (Phi) is 9.17. The summed E-state index contributed by atoms with van der Waals surface area (Å²) in [6.07, 6.45) is 0.934. The molecule has 0 fully saturated rings. The summed E-state index contributed by atoms with van der Waals surface area (Å²) in [5.41, 5.74) is 0.542. The fraction of sp³-hybridized carbons (Fsp3) is 0.529. The quantitative estimate of drug-likeness (QED) is 0.494. The first-order valence-corrected chi connectivity index (χ1v) is 9.79. The molecule has 1 unspecified atom stereocenters. The minimum atomic E-state index is -0.882. The van der Waals surface area contributed by atoms with E-state index in [4.69, 9.17) is 5.11 Å². The lowest BCUT2D eigenvalue weighted by atomic mass is 10.2. The molecule has 0 aliphatic rings. The Hall–Kier alpha value is -1.14. The number of nitrogens with one attached hydrogen (secondary N) is 1. The van der Waals surface area contributed by atoms with Gasteiger partial charge in [-0.05, 0) is 42.9 Å². The number of carbonyl (C=O) groups is 2. The van der Waals surface area contributed by atoms with Gasteiger partial charge in [0, 0.05) is 11.4 Å². The normalized spacial score (nSPS) is 12.2. The maximum absolute atomic E-state index is 12.3. The molecule has 0 saturated heterocycles. The van der Waals surface area contributed by atoms with E-state index in [1.54, 1.807) is 25.1 Å². The SMILES string of the molecule is CC(C)CSCCCNC(=O)c1ccccc1SC(C)C(=O)O. The molecule has 0 saturated carbocycles. The summed E-state index contributed by atoms with van der Waals surface area (Å²) in [5, 5.41) is 11.3. The predicted octanol–water partition coefficient (Wildman–Crippen LogP) is 3.76. The first-order valence-electron chi connectivity index (χ1n) is 7.76. The molecule has 1 amide bonds. The van der Waals surface area contributed by atoms with E-state index in [-0.39, 0.29) is 5.91 Å². The van der Waals surface area contributed by atoms with Crippen LogP contribution >= 0.6 is 23.5 Å². The number of carbonyl (C=O) groups excluding carboxylic acids is 1. The number of hydrogen-bond acceptors (Lipinski definition) is 4. The van der Waals surface area contributed by atoms with E-state index in [1.165, 1.54) is 11.8 Å². The van der Waals surface area contributed by atoms with E-state index in [0.717, 1.165) is 17.9 Å². The summed E-state index contributed by atoms with van der Waals surface area (Å²) in [6.45, 7) is 6.65. The molecule has 4 nitrogen and oxygen atoms in total. The third kappa shape index (κ3) is 7.79. The molecule has 1 atom stereocenters. The zero-order valence-electron chi connectivity index (χ0n) is 13.9. The van der Waals surface area contributed by atoms with Crippen LogP contribution in [0.1, 0.15) is 37.6 Å². The minimum Gasteiger partial charge on any atom is -0.480 e. The van der Waals surface area contributed by atoms with E-state index in [1.807, 2.05) is 17.8 Å². The summed E-state index contributed by atoms with van der Waals surface area (Å²) in [4.78, 5) is 24.0. The number of benzene rings is 1. The van der Waals surface area contributed by atoms with Gasteiger partial charge in [-0.1, -0.05) is 26.0 Å². The topological polar surface area (TPSA) is 66.4 Å². The summed E-state index contributed by atoms with van der Waals surface area (Å²) in [7, 11) is 0. The van der Waals surface area contributed by atoms with E-state index in [9.17, 15) is 9.59 Å². The van der Waals surface area contributed by atoms with Crippen LogP contribution in [0.15, 0.2) is 29.2 Å². The summed E-state index contributed by atoms with van der Waals surface area (Å²) >= 11 is 3.10. The molecule has 1 aromatic rings. The molecule has 0 radical (unpaired) electrons. The Morgan fingerprint density at radius 1 is 1.22 bits per heavy atom. The lowest BCUT2D eigenvalue weighted by molar-refractivity contribution is -0.136. The zero-order valence-corrected chi connectivity index (χ0v) is 15.5. The number of hydrogen-bond donors (Lipinski definition) is 2. The maximum Gasteiger partial charge on any atom is 0.316 e. The molecule has 0 heterocycles. The van der Waals surface area contributed by atoms with Gasteiger partial charge in [0.25, 0.3) is 5.91 Å². The number of amides is 1. The highest BCUT2D eigenvalue weighted by atomic mass is 32.2. The van der Waals surface area contributed by atoms with Gasteiger partial charge in [-0.3, -0.25) is 9.59 Å². The number of carboxylic acid groups (broad SMARTS) is 1. The number of carboxylic acids is 1. The van der Waals surface area contributed by atoms with Crippen molar-refractivity contribution < 1.29 is 14.7 Å². The second kappa shape index (κ2) is 10.6. The standard InChI is InChI=1S/C17H25NO3S2/c1-12(2)11-22-10-6-9-18-16(19)14-7-4-5-8-15(14)23-13(3)17(20)21/h4-5,7-8,12-13H,6,9-11H2,1-3H3,(H,18,19)(H,20,21). The Balaban J connectivity index is 2.48. The van der Waals surface area contributed by atoms with Gasteiger partial charge in [0.1, 0.15) is 5.25 Å². The van der Waals surface area contributed by atoms with Gasteiger partial charge in [0.15, 0.2) is 0 Å². The molecule has 6 heteroatoms. The zero-order chi connectivity index (χ0) is 17.2. The van der Waals surface area contributed by atoms with E-state index in [0.29, 0.717) is 22.9 Å². The van der Waals surface area contributed by atoms with Gasteiger partial charge in [-0.25, -0.2) is 0 Å². The predicted molar refractivity (Wildman–Crippen MR) is 98.5 cm³/mol. The number of aliphatic carboxylic acids is 1. The molecule has 0 aliphatic carbocycles. The second-order valence-corrected chi connectivity index (χ2v) is 8.21. The van der Waals surface area contributed by atoms with Crippen molar-refractivity contribution in [2.75, 3.05) is 18.1 Å². The first-order chi connectivity index (χ1) is 10.9. The molecule has 128 valence electrons. The van der Waals surface area contributed by atoms with E-state index in [2.05, 4.69) is 19.2 Å². The monoisotopic (exact) mass is 355 g/mol. The highest BCUT2D eigenvalue weighted by molar-refractivity contribution is 8.00. The van der Waals surface area contributed by atoms with Gasteiger partial charge < -0.3 is 10.4 Å². The molecule has 0 bridgehead atoms. The van der Waals surface area contributed by atoms with Crippen molar-refractivity contribution in [2.24, 2.45) is 5.92 Å². The lowest BCUT2D eigenvalue weighted by Gasteiger charge is -2.12. The summed E-state index contributed by atoms with van der Waals surface area (Å²) < 4.78 is 0. The highest BCUT2D eigenvalue weighted by Crippen LogP contribution is 2.26. The first kappa shape index (κ1) is 19.9. The maximum atomic E-state index is 12.3. The van der Waals surface area contributed by atoms with Gasteiger partial charge in [0.05, 0.1) is 5.56 Å². The van der Waals surface area contributed by atoms with Crippen molar-refractivity contribution >= 4 is 35.4 Å². The van der Waals surface area contributed by atoms with E-state index >= 15 is 0 Å². The third-order valence-electron chi connectivity index (χ3n) is 2.99. The smallest absolute Gasteiger partial charge is 0.316 e. The van der Waals surface area contributed by atoms with Gasteiger partial charge in [-0.15, -0.1) is 11.8 Å². The van der Waals surface area contributed by atoms with Crippen molar-refractivity contribution in [1.82, 2.24) is 5.32 Å². The van der Waals surface area contributed by atoms with Crippen LogP contribution in [-0.2, 0) is 4.79 Å². The van der Waals surface area contributed by atoms with Gasteiger partial charge >= 0.3 is 5.97 Å². The molecule has 1 rings (SSSR count). The Morgan fingerprint density at radius 3 is 2.57 bits per heavy atom. The molecule has 0 spiro atoms. The molecule has 2 N–H and O–H groups in total. The van der Waals surface area contributed by atoms with Crippen LogP contribution in [0, 0.1) is 5.92 Å². The molecule has 23 heavy (non-hydrogen) atoms. The van der Waals surface area contributed by atoms with Crippen molar-refractivity contribution in [1.29, 1.82) is 0 Å². The Labute approximate surface area is 146 Å². The van der Waals surface area contributed by atoms with Gasteiger partial charge in [0.2, 0.25) is 0 Å². The van der Waals surface area contributed by atoms with Crippen LogP contribution in [0.3, 0.4) is 0 Å². The van der Waals surface area contributed by atoms with Crippen LogP contribution in [0.2, 0.25) is 0 Å². The average Bonchev–Trinajstić information content (AvgIpc) is 2.50. The molecule has 0 aromatic heterocycles. The van der Waals surface area contributed by atoms with Crippen molar-refractivity contribution in [3.63, 3.8) is 0 Å². The van der Waals surface area contributed by atoms with Crippen LogP contribution in [-0.4, -0.2) is 40.3 Å². The molecular formula is C17H25NO3S2. The highest BCUT2D eigenvalue weighted by Gasteiger charge is 2.17. The average molecular weight is 356 g/mol. The van der Waals surface area contributed by atoms with Crippen LogP contribution in [0.4, 0.5) is 0 Å². The largest absolute Gasteiger partial charge is 0.480 e.